The predicted molar refractivity (Wildman–Crippen MR) is 95.1 cm³/mol. The number of thioether (sulfide) groups is 1. The quantitative estimate of drug-likeness (QED) is 0.712. The number of nitrogens with one attached hydrogen (secondary N) is 2. The summed E-state index contributed by atoms with van der Waals surface area (Å²) in [7, 11) is 0. The molecule has 1 atom stereocenters. The highest BCUT2D eigenvalue weighted by molar-refractivity contribution is 7.99. The Morgan fingerprint density at radius 2 is 2.18 bits per heavy atom. The van der Waals surface area contributed by atoms with Crippen LogP contribution in [0.1, 0.15) is 25.3 Å². The zero-order valence-corrected chi connectivity index (χ0v) is 14.6. The Morgan fingerprint density at radius 1 is 1.41 bits per heavy atom. The van der Waals surface area contributed by atoms with E-state index in [-0.39, 0.29) is 24.4 Å². The first kappa shape index (κ1) is 19.1. The standard InChI is InChI=1S/C16H24N2O2S.ClH/c1-2-3-10-20-14-6-4-13(5-7-14)8-9-17-16(19)15-11-21-12-18-15;/h4-7,15,18H,2-3,8-12H2,1H3,(H,17,19);1H. The van der Waals surface area contributed by atoms with Crippen LogP contribution in [-0.4, -0.2) is 36.7 Å². The van der Waals surface area contributed by atoms with E-state index in [1.807, 2.05) is 12.1 Å². The summed E-state index contributed by atoms with van der Waals surface area (Å²) in [6.45, 7) is 3.61. The molecule has 1 unspecified atom stereocenters. The number of hydrogen-bond donors (Lipinski definition) is 2. The molecule has 0 aromatic heterocycles. The third-order valence-corrected chi connectivity index (χ3v) is 4.38. The van der Waals surface area contributed by atoms with Gasteiger partial charge in [0, 0.05) is 18.2 Å². The molecule has 22 heavy (non-hydrogen) atoms. The lowest BCUT2D eigenvalue weighted by atomic mass is 10.1. The molecular formula is C16H25ClN2O2S. The molecule has 1 heterocycles. The highest BCUT2D eigenvalue weighted by Gasteiger charge is 2.21. The number of halogens is 1. The van der Waals surface area contributed by atoms with Gasteiger partial charge in [-0.15, -0.1) is 24.2 Å². The second-order valence-corrected chi connectivity index (χ2v) is 6.19. The van der Waals surface area contributed by atoms with Gasteiger partial charge in [-0.1, -0.05) is 25.5 Å². The van der Waals surface area contributed by atoms with Gasteiger partial charge in [0.1, 0.15) is 5.75 Å². The molecule has 1 aromatic rings. The normalized spacial score (nSPS) is 16.9. The molecule has 0 aliphatic carbocycles. The zero-order valence-electron chi connectivity index (χ0n) is 13.0. The van der Waals surface area contributed by atoms with Crippen molar-refractivity contribution < 1.29 is 9.53 Å². The van der Waals surface area contributed by atoms with E-state index in [0.717, 1.165) is 43.2 Å². The number of hydrogen-bond acceptors (Lipinski definition) is 4. The average Bonchev–Trinajstić information content (AvgIpc) is 3.03. The van der Waals surface area contributed by atoms with Crippen molar-refractivity contribution in [2.24, 2.45) is 0 Å². The highest BCUT2D eigenvalue weighted by Crippen LogP contribution is 2.13. The molecule has 4 nitrogen and oxygen atoms in total. The monoisotopic (exact) mass is 344 g/mol. The number of unbranched alkanes of at least 4 members (excludes halogenated alkanes) is 1. The fraction of sp³-hybridized carbons (Fsp3) is 0.562. The lowest BCUT2D eigenvalue weighted by Crippen LogP contribution is -2.42. The minimum absolute atomic E-state index is 0. The van der Waals surface area contributed by atoms with E-state index in [2.05, 4.69) is 29.7 Å². The van der Waals surface area contributed by atoms with Crippen LogP contribution >= 0.6 is 24.2 Å². The Balaban J connectivity index is 0.00000242. The summed E-state index contributed by atoms with van der Waals surface area (Å²) in [5.74, 6) is 2.77. The molecule has 0 bridgehead atoms. The minimum atomic E-state index is -0.0238. The van der Waals surface area contributed by atoms with Gasteiger partial charge >= 0.3 is 0 Å². The summed E-state index contributed by atoms with van der Waals surface area (Å²) in [6, 6.07) is 8.11. The van der Waals surface area contributed by atoms with Crippen LogP contribution in [0.15, 0.2) is 24.3 Å². The van der Waals surface area contributed by atoms with Gasteiger partial charge in [-0.2, -0.15) is 0 Å². The van der Waals surface area contributed by atoms with Crippen molar-refractivity contribution in [3.05, 3.63) is 29.8 Å². The van der Waals surface area contributed by atoms with Gasteiger partial charge in [0.2, 0.25) is 5.91 Å². The third kappa shape index (κ3) is 6.46. The number of carbonyl (C=O) groups excluding carboxylic acids is 1. The highest BCUT2D eigenvalue weighted by atomic mass is 35.5. The van der Waals surface area contributed by atoms with Crippen molar-refractivity contribution in [2.75, 3.05) is 24.8 Å². The zero-order chi connectivity index (χ0) is 14.9. The van der Waals surface area contributed by atoms with Gasteiger partial charge in [-0.25, -0.2) is 0 Å². The minimum Gasteiger partial charge on any atom is -0.494 e. The van der Waals surface area contributed by atoms with Gasteiger partial charge in [0.15, 0.2) is 0 Å². The molecule has 0 radical (unpaired) electrons. The number of carbonyl (C=O) groups is 1. The summed E-state index contributed by atoms with van der Waals surface area (Å²) in [5.41, 5.74) is 1.21. The van der Waals surface area contributed by atoms with Gasteiger partial charge in [-0.3, -0.25) is 10.1 Å². The van der Waals surface area contributed by atoms with Crippen LogP contribution in [0.5, 0.6) is 5.75 Å². The van der Waals surface area contributed by atoms with E-state index in [4.69, 9.17) is 4.74 Å². The first-order valence-corrected chi connectivity index (χ1v) is 8.75. The van der Waals surface area contributed by atoms with Gasteiger partial charge in [0.25, 0.3) is 0 Å². The van der Waals surface area contributed by atoms with Gasteiger partial charge in [-0.05, 0) is 30.5 Å². The number of amides is 1. The number of rotatable bonds is 8. The Bertz CT molecular complexity index is 436. The molecule has 1 aliphatic rings. The van der Waals surface area contributed by atoms with Crippen LogP contribution in [0.2, 0.25) is 0 Å². The summed E-state index contributed by atoms with van der Waals surface area (Å²) >= 11 is 1.76. The van der Waals surface area contributed by atoms with Crippen molar-refractivity contribution in [3.63, 3.8) is 0 Å². The lowest BCUT2D eigenvalue weighted by molar-refractivity contribution is -0.122. The smallest absolute Gasteiger partial charge is 0.238 e. The largest absolute Gasteiger partial charge is 0.494 e. The molecule has 0 saturated carbocycles. The molecule has 1 fully saturated rings. The Labute approximate surface area is 143 Å². The van der Waals surface area contributed by atoms with Crippen molar-refractivity contribution in [3.8, 4) is 5.75 Å². The van der Waals surface area contributed by atoms with Gasteiger partial charge in [0.05, 0.1) is 12.6 Å². The molecule has 1 amide bonds. The maximum absolute atomic E-state index is 11.8. The summed E-state index contributed by atoms with van der Waals surface area (Å²) < 4.78 is 5.63. The van der Waals surface area contributed by atoms with Crippen LogP contribution in [0, 0.1) is 0 Å². The molecule has 2 N–H and O–H groups in total. The van der Waals surface area contributed by atoms with Crippen molar-refractivity contribution in [1.82, 2.24) is 10.6 Å². The number of benzene rings is 1. The van der Waals surface area contributed by atoms with Crippen LogP contribution in [-0.2, 0) is 11.2 Å². The molecule has 1 aromatic carbocycles. The van der Waals surface area contributed by atoms with Gasteiger partial charge < -0.3 is 10.1 Å². The Kier molecular flexibility index (Phi) is 9.36. The average molecular weight is 345 g/mol. The first-order chi connectivity index (χ1) is 10.3. The molecule has 0 spiro atoms. The van der Waals surface area contributed by atoms with E-state index in [9.17, 15) is 4.79 Å². The van der Waals surface area contributed by atoms with E-state index in [0.29, 0.717) is 6.54 Å². The Morgan fingerprint density at radius 3 is 2.82 bits per heavy atom. The molecule has 1 saturated heterocycles. The second kappa shape index (κ2) is 10.8. The number of ether oxygens (including phenoxy) is 1. The van der Waals surface area contributed by atoms with Crippen LogP contribution in [0.4, 0.5) is 0 Å². The summed E-state index contributed by atoms with van der Waals surface area (Å²) in [4.78, 5) is 11.8. The van der Waals surface area contributed by atoms with Crippen molar-refractivity contribution >= 4 is 30.1 Å². The van der Waals surface area contributed by atoms with E-state index in [1.54, 1.807) is 11.8 Å². The van der Waals surface area contributed by atoms with E-state index < -0.39 is 0 Å². The fourth-order valence-electron chi connectivity index (χ4n) is 2.10. The third-order valence-electron chi connectivity index (χ3n) is 3.44. The van der Waals surface area contributed by atoms with Crippen LogP contribution < -0.4 is 15.4 Å². The molecule has 124 valence electrons. The summed E-state index contributed by atoms with van der Waals surface area (Å²) in [6.07, 6.45) is 3.08. The van der Waals surface area contributed by atoms with E-state index >= 15 is 0 Å². The molecule has 6 heteroatoms. The molecule has 1 aliphatic heterocycles. The topological polar surface area (TPSA) is 50.4 Å². The van der Waals surface area contributed by atoms with Crippen LogP contribution in [0.3, 0.4) is 0 Å². The molecular weight excluding hydrogens is 320 g/mol. The maximum atomic E-state index is 11.8. The lowest BCUT2D eigenvalue weighted by Gasteiger charge is -2.10. The first-order valence-electron chi connectivity index (χ1n) is 7.60. The van der Waals surface area contributed by atoms with Crippen LogP contribution in [0.25, 0.3) is 0 Å². The SMILES string of the molecule is CCCCOc1ccc(CCNC(=O)C2CSCN2)cc1.Cl. The maximum Gasteiger partial charge on any atom is 0.238 e. The fourth-order valence-corrected chi connectivity index (χ4v) is 3.05. The summed E-state index contributed by atoms with van der Waals surface area (Å²) in [5, 5.41) is 6.15. The second-order valence-electron chi connectivity index (χ2n) is 5.16. The Hall–Kier alpha value is -0.910. The van der Waals surface area contributed by atoms with Crippen molar-refractivity contribution in [1.29, 1.82) is 0 Å². The van der Waals surface area contributed by atoms with E-state index in [1.165, 1.54) is 5.56 Å². The predicted octanol–water partition coefficient (Wildman–Crippen LogP) is 2.61. The molecule has 2 rings (SSSR count). The van der Waals surface area contributed by atoms with Crippen molar-refractivity contribution in [2.45, 2.75) is 32.2 Å².